The number of carboxylic acids is 1. The van der Waals surface area contributed by atoms with Crippen molar-refractivity contribution in [2.45, 2.75) is 32.2 Å². The molecule has 1 aromatic rings. The normalized spacial score (nSPS) is 12.1. The molecule has 1 amide bonds. The fourth-order valence-corrected chi connectivity index (χ4v) is 1.45. The van der Waals surface area contributed by atoms with Gasteiger partial charge in [0.2, 0.25) is 0 Å². The molecule has 1 aromatic heterocycles. The van der Waals surface area contributed by atoms with Gasteiger partial charge in [0.25, 0.3) is 5.91 Å². The molecule has 0 saturated heterocycles. The molecular formula is C11H17N3O3. The maximum absolute atomic E-state index is 11.7. The van der Waals surface area contributed by atoms with E-state index in [2.05, 4.69) is 10.4 Å². The molecule has 0 aliphatic heterocycles. The van der Waals surface area contributed by atoms with E-state index in [1.807, 2.05) is 6.92 Å². The minimum Gasteiger partial charge on any atom is -0.480 e. The van der Waals surface area contributed by atoms with E-state index < -0.39 is 17.9 Å². The second-order valence-electron chi connectivity index (χ2n) is 3.91. The molecule has 1 rings (SSSR count). The largest absolute Gasteiger partial charge is 0.480 e. The number of hydrogen-bond acceptors (Lipinski definition) is 3. The summed E-state index contributed by atoms with van der Waals surface area (Å²) in [5.74, 6) is -1.41. The zero-order chi connectivity index (χ0) is 12.8. The van der Waals surface area contributed by atoms with Crippen LogP contribution >= 0.6 is 0 Å². The number of rotatable bonds is 6. The molecule has 6 nitrogen and oxygen atoms in total. The number of amides is 1. The summed E-state index contributed by atoms with van der Waals surface area (Å²) in [6, 6.07) is -0.831. The lowest BCUT2D eigenvalue weighted by Gasteiger charge is -2.13. The highest BCUT2D eigenvalue weighted by Crippen LogP contribution is 2.03. The second-order valence-corrected chi connectivity index (χ2v) is 3.91. The van der Waals surface area contributed by atoms with Gasteiger partial charge in [0, 0.05) is 13.2 Å². The van der Waals surface area contributed by atoms with E-state index in [9.17, 15) is 9.59 Å². The number of carboxylic acid groups (broad SMARTS) is 1. The van der Waals surface area contributed by atoms with Crippen molar-refractivity contribution < 1.29 is 14.7 Å². The standard InChI is InChI=1S/C11H17N3O3/c1-3-4-5-9(11(16)17)13-10(15)8-6-12-14(2)7-8/h6-7,9H,3-5H2,1-2H3,(H,13,15)(H,16,17)/t9-/m0/s1. The van der Waals surface area contributed by atoms with Crippen LogP contribution < -0.4 is 5.32 Å². The van der Waals surface area contributed by atoms with Crippen molar-refractivity contribution in [3.8, 4) is 0 Å². The zero-order valence-corrected chi connectivity index (χ0v) is 10.0. The van der Waals surface area contributed by atoms with Gasteiger partial charge in [0.05, 0.1) is 11.8 Å². The summed E-state index contributed by atoms with van der Waals surface area (Å²) in [4.78, 5) is 22.7. The number of aryl methyl sites for hydroxylation is 1. The molecule has 0 aliphatic carbocycles. The lowest BCUT2D eigenvalue weighted by molar-refractivity contribution is -0.139. The number of carbonyl (C=O) groups excluding carboxylic acids is 1. The van der Waals surface area contributed by atoms with Gasteiger partial charge >= 0.3 is 5.97 Å². The van der Waals surface area contributed by atoms with Gasteiger partial charge in [-0.25, -0.2) is 4.79 Å². The molecule has 2 N–H and O–H groups in total. The predicted octanol–water partition coefficient (Wildman–Crippen LogP) is 0.793. The van der Waals surface area contributed by atoms with Crippen LogP contribution in [0.1, 0.15) is 36.5 Å². The van der Waals surface area contributed by atoms with Gasteiger partial charge in [-0.2, -0.15) is 5.10 Å². The first-order valence-electron chi connectivity index (χ1n) is 5.57. The minimum atomic E-state index is -1.00. The summed E-state index contributed by atoms with van der Waals surface area (Å²) in [7, 11) is 1.70. The van der Waals surface area contributed by atoms with Crippen molar-refractivity contribution in [3.05, 3.63) is 18.0 Å². The predicted molar refractivity (Wildman–Crippen MR) is 61.6 cm³/mol. The Morgan fingerprint density at radius 2 is 2.29 bits per heavy atom. The van der Waals surface area contributed by atoms with Gasteiger partial charge in [-0.1, -0.05) is 19.8 Å². The average Bonchev–Trinajstić information content (AvgIpc) is 2.70. The van der Waals surface area contributed by atoms with Gasteiger partial charge in [-0.3, -0.25) is 9.48 Å². The van der Waals surface area contributed by atoms with E-state index in [0.29, 0.717) is 12.0 Å². The molecule has 0 aliphatic rings. The Bertz CT molecular complexity index is 400. The Morgan fingerprint density at radius 3 is 2.76 bits per heavy atom. The number of unbranched alkanes of at least 4 members (excludes halogenated alkanes) is 1. The third-order valence-corrected chi connectivity index (χ3v) is 2.42. The van der Waals surface area contributed by atoms with Crippen molar-refractivity contribution >= 4 is 11.9 Å². The lowest BCUT2D eigenvalue weighted by atomic mass is 10.1. The number of aromatic nitrogens is 2. The van der Waals surface area contributed by atoms with E-state index in [-0.39, 0.29) is 0 Å². The Labute approximate surface area is 99.6 Å². The van der Waals surface area contributed by atoms with Gasteiger partial charge in [-0.15, -0.1) is 0 Å². The Kier molecular flexibility index (Phi) is 4.68. The summed E-state index contributed by atoms with van der Waals surface area (Å²) in [6.07, 6.45) is 5.07. The molecule has 17 heavy (non-hydrogen) atoms. The number of nitrogens with one attached hydrogen (secondary N) is 1. The molecular weight excluding hydrogens is 222 g/mol. The monoisotopic (exact) mass is 239 g/mol. The van der Waals surface area contributed by atoms with Crippen molar-refractivity contribution in [3.63, 3.8) is 0 Å². The van der Waals surface area contributed by atoms with Crippen molar-refractivity contribution in [1.82, 2.24) is 15.1 Å². The molecule has 0 spiro atoms. The topological polar surface area (TPSA) is 84.2 Å². The van der Waals surface area contributed by atoms with Crippen LogP contribution in [0.3, 0.4) is 0 Å². The Balaban J connectivity index is 2.60. The van der Waals surface area contributed by atoms with E-state index >= 15 is 0 Å². The second kappa shape index (κ2) is 6.03. The zero-order valence-electron chi connectivity index (χ0n) is 10.0. The molecule has 6 heteroatoms. The van der Waals surface area contributed by atoms with Crippen LogP contribution in [0.2, 0.25) is 0 Å². The Morgan fingerprint density at radius 1 is 1.59 bits per heavy atom. The summed E-state index contributed by atoms with van der Waals surface area (Å²) in [5.41, 5.74) is 0.371. The molecule has 0 bridgehead atoms. The Hall–Kier alpha value is -1.85. The van der Waals surface area contributed by atoms with Crippen molar-refractivity contribution in [2.75, 3.05) is 0 Å². The molecule has 0 fully saturated rings. The van der Waals surface area contributed by atoms with E-state index in [4.69, 9.17) is 5.11 Å². The highest BCUT2D eigenvalue weighted by Gasteiger charge is 2.20. The van der Waals surface area contributed by atoms with Crippen molar-refractivity contribution in [1.29, 1.82) is 0 Å². The number of aliphatic carboxylic acids is 1. The SMILES string of the molecule is CCCC[C@H](NC(=O)c1cnn(C)c1)C(=O)O. The smallest absolute Gasteiger partial charge is 0.326 e. The van der Waals surface area contributed by atoms with E-state index in [1.54, 1.807) is 13.2 Å². The lowest BCUT2D eigenvalue weighted by Crippen LogP contribution is -2.40. The molecule has 1 heterocycles. The fourth-order valence-electron chi connectivity index (χ4n) is 1.45. The maximum atomic E-state index is 11.7. The first-order valence-corrected chi connectivity index (χ1v) is 5.57. The summed E-state index contributed by atoms with van der Waals surface area (Å²) in [5, 5.41) is 15.3. The summed E-state index contributed by atoms with van der Waals surface area (Å²) in [6.45, 7) is 1.97. The van der Waals surface area contributed by atoms with Crippen LogP contribution in [0.15, 0.2) is 12.4 Å². The van der Waals surface area contributed by atoms with Crippen LogP contribution in [0, 0.1) is 0 Å². The number of nitrogens with zero attached hydrogens (tertiary/aromatic N) is 2. The van der Waals surface area contributed by atoms with Crippen LogP contribution in [-0.4, -0.2) is 32.8 Å². The molecule has 0 saturated carbocycles. The molecule has 0 unspecified atom stereocenters. The average molecular weight is 239 g/mol. The molecule has 0 radical (unpaired) electrons. The third kappa shape index (κ3) is 3.90. The maximum Gasteiger partial charge on any atom is 0.326 e. The van der Waals surface area contributed by atoms with Gasteiger partial charge in [-0.05, 0) is 6.42 Å². The van der Waals surface area contributed by atoms with Crippen LogP contribution in [0.5, 0.6) is 0 Å². The number of hydrogen-bond donors (Lipinski definition) is 2. The van der Waals surface area contributed by atoms with Crippen LogP contribution in [0.25, 0.3) is 0 Å². The highest BCUT2D eigenvalue weighted by molar-refractivity contribution is 5.96. The van der Waals surface area contributed by atoms with Gasteiger partial charge < -0.3 is 10.4 Å². The minimum absolute atomic E-state index is 0.371. The molecule has 1 atom stereocenters. The summed E-state index contributed by atoms with van der Waals surface area (Å²) >= 11 is 0. The van der Waals surface area contributed by atoms with E-state index in [1.165, 1.54) is 10.9 Å². The molecule has 94 valence electrons. The van der Waals surface area contributed by atoms with Gasteiger partial charge in [0.15, 0.2) is 0 Å². The molecule has 0 aromatic carbocycles. The van der Waals surface area contributed by atoms with Crippen LogP contribution in [-0.2, 0) is 11.8 Å². The van der Waals surface area contributed by atoms with Crippen LogP contribution in [0.4, 0.5) is 0 Å². The highest BCUT2D eigenvalue weighted by atomic mass is 16.4. The van der Waals surface area contributed by atoms with Gasteiger partial charge in [0.1, 0.15) is 6.04 Å². The number of carbonyl (C=O) groups is 2. The van der Waals surface area contributed by atoms with E-state index in [0.717, 1.165) is 12.8 Å². The first kappa shape index (κ1) is 13.2. The first-order chi connectivity index (χ1) is 8.04. The van der Waals surface area contributed by atoms with Crippen molar-refractivity contribution in [2.24, 2.45) is 7.05 Å². The summed E-state index contributed by atoms with van der Waals surface area (Å²) < 4.78 is 1.50. The fraction of sp³-hybridized carbons (Fsp3) is 0.545. The third-order valence-electron chi connectivity index (χ3n) is 2.42. The quantitative estimate of drug-likeness (QED) is 0.768.